The van der Waals surface area contributed by atoms with E-state index in [2.05, 4.69) is 17.4 Å². The Labute approximate surface area is 109 Å². The van der Waals surface area contributed by atoms with Crippen molar-refractivity contribution < 1.29 is 9.53 Å². The summed E-state index contributed by atoms with van der Waals surface area (Å²) in [5.41, 5.74) is 1.28. The first-order valence-electron chi connectivity index (χ1n) is 6.57. The third-order valence-electron chi connectivity index (χ3n) is 3.85. The molecule has 1 aromatic carbocycles. The molecular weight excluding hydrogens is 226 g/mol. The lowest BCUT2D eigenvalue weighted by atomic mass is 9.80. The SMILES string of the molecule is CNC(c1ccc(OC)cc1)C1CCC(=O)CC1. The first-order chi connectivity index (χ1) is 8.74. The summed E-state index contributed by atoms with van der Waals surface area (Å²) >= 11 is 0. The number of hydrogen-bond donors (Lipinski definition) is 1. The fraction of sp³-hybridized carbons (Fsp3) is 0.533. The van der Waals surface area contributed by atoms with E-state index in [0.29, 0.717) is 17.7 Å². The van der Waals surface area contributed by atoms with Crippen molar-refractivity contribution in [3.63, 3.8) is 0 Å². The summed E-state index contributed by atoms with van der Waals surface area (Å²) in [6.07, 6.45) is 3.46. The quantitative estimate of drug-likeness (QED) is 0.889. The van der Waals surface area contributed by atoms with Crippen LogP contribution in [-0.2, 0) is 4.79 Å². The Kier molecular flexibility index (Phi) is 4.37. The maximum atomic E-state index is 11.3. The van der Waals surface area contributed by atoms with Gasteiger partial charge in [0.15, 0.2) is 0 Å². The van der Waals surface area contributed by atoms with E-state index < -0.39 is 0 Å². The van der Waals surface area contributed by atoms with E-state index in [1.165, 1.54) is 5.56 Å². The van der Waals surface area contributed by atoms with Gasteiger partial charge in [-0.05, 0) is 43.5 Å². The van der Waals surface area contributed by atoms with Gasteiger partial charge in [0.25, 0.3) is 0 Å². The molecule has 1 fully saturated rings. The highest BCUT2D eigenvalue weighted by Gasteiger charge is 2.26. The number of methoxy groups -OCH3 is 1. The summed E-state index contributed by atoms with van der Waals surface area (Å²) in [5.74, 6) is 1.85. The smallest absolute Gasteiger partial charge is 0.132 e. The lowest BCUT2D eigenvalue weighted by Crippen LogP contribution is -2.28. The highest BCUT2D eigenvalue weighted by Crippen LogP contribution is 2.33. The van der Waals surface area contributed by atoms with E-state index in [9.17, 15) is 4.79 Å². The Morgan fingerprint density at radius 2 is 1.83 bits per heavy atom. The van der Waals surface area contributed by atoms with Crippen LogP contribution in [0.15, 0.2) is 24.3 Å². The number of rotatable bonds is 4. The first-order valence-corrected chi connectivity index (χ1v) is 6.57. The van der Waals surface area contributed by atoms with Crippen molar-refractivity contribution in [3.05, 3.63) is 29.8 Å². The Bertz CT molecular complexity index is 389. The molecule has 0 saturated heterocycles. The van der Waals surface area contributed by atoms with Gasteiger partial charge in [-0.3, -0.25) is 4.79 Å². The number of hydrogen-bond acceptors (Lipinski definition) is 3. The van der Waals surface area contributed by atoms with Gasteiger partial charge >= 0.3 is 0 Å². The van der Waals surface area contributed by atoms with E-state index in [1.807, 2.05) is 19.2 Å². The van der Waals surface area contributed by atoms with Crippen molar-refractivity contribution in [2.24, 2.45) is 5.92 Å². The molecule has 1 aliphatic carbocycles. The maximum absolute atomic E-state index is 11.3. The summed E-state index contributed by atoms with van der Waals surface area (Å²) < 4.78 is 5.18. The second kappa shape index (κ2) is 6.01. The van der Waals surface area contributed by atoms with Gasteiger partial charge in [-0.15, -0.1) is 0 Å². The molecule has 0 bridgehead atoms. The maximum Gasteiger partial charge on any atom is 0.132 e. The summed E-state index contributed by atoms with van der Waals surface area (Å²) in [6, 6.07) is 8.54. The molecule has 0 aromatic heterocycles. The molecule has 0 radical (unpaired) electrons. The minimum absolute atomic E-state index is 0.337. The molecule has 98 valence electrons. The number of carbonyl (C=O) groups is 1. The van der Waals surface area contributed by atoms with Crippen LogP contribution in [0.1, 0.15) is 37.3 Å². The van der Waals surface area contributed by atoms with Crippen molar-refractivity contribution in [1.82, 2.24) is 5.32 Å². The monoisotopic (exact) mass is 247 g/mol. The van der Waals surface area contributed by atoms with Gasteiger partial charge in [-0.1, -0.05) is 12.1 Å². The van der Waals surface area contributed by atoms with Gasteiger partial charge < -0.3 is 10.1 Å². The van der Waals surface area contributed by atoms with Gasteiger partial charge in [-0.25, -0.2) is 0 Å². The fourth-order valence-corrected chi connectivity index (χ4v) is 2.78. The lowest BCUT2D eigenvalue weighted by Gasteiger charge is -2.30. The van der Waals surface area contributed by atoms with Crippen molar-refractivity contribution >= 4 is 5.78 Å². The Hall–Kier alpha value is -1.35. The van der Waals surface area contributed by atoms with E-state index in [-0.39, 0.29) is 0 Å². The minimum Gasteiger partial charge on any atom is -0.497 e. The van der Waals surface area contributed by atoms with Crippen molar-refractivity contribution in [3.8, 4) is 5.75 Å². The van der Waals surface area contributed by atoms with Crippen LogP contribution in [0.2, 0.25) is 0 Å². The van der Waals surface area contributed by atoms with E-state index in [0.717, 1.165) is 31.4 Å². The first kappa shape index (κ1) is 13.1. The molecule has 3 heteroatoms. The van der Waals surface area contributed by atoms with Crippen LogP contribution in [0.25, 0.3) is 0 Å². The summed E-state index contributed by atoms with van der Waals surface area (Å²) in [4.78, 5) is 11.3. The third kappa shape index (κ3) is 2.91. The number of Topliss-reactive ketones (excluding diaryl/α,β-unsaturated/α-hetero) is 1. The summed E-state index contributed by atoms with van der Waals surface area (Å²) in [7, 11) is 3.67. The van der Waals surface area contributed by atoms with Gasteiger partial charge in [0, 0.05) is 18.9 Å². The lowest BCUT2D eigenvalue weighted by molar-refractivity contribution is -0.121. The highest BCUT2D eigenvalue weighted by atomic mass is 16.5. The zero-order valence-corrected chi connectivity index (χ0v) is 11.1. The average molecular weight is 247 g/mol. The van der Waals surface area contributed by atoms with Crippen LogP contribution in [0.3, 0.4) is 0 Å². The standard InChI is InChI=1S/C15H21NO2/c1-16-15(11-3-7-13(17)8-4-11)12-5-9-14(18-2)10-6-12/h5-6,9-11,15-16H,3-4,7-8H2,1-2H3. The van der Waals surface area contributed by atoms with Gasteiger partial charge in [0.2, 0.25) is 0 Å². The average Bonchev–Trinajstić information content (AvgIpc) is 2.42. The van der Waals surface area contributed by atoms with E-state index >= 15 is 0 Å². The van der Waals surface area contributed by atoms with Crippen LogP contribution in [0.5, 0.6) is 5.75 Å². The highest BCUT2D eigenvalue weighted by molar-refractivity contribution is 5.79. The number of nitrogens with one attached hydrogen (secondary N) is 1. The number of ketones is 1. The fourth-order valence-electron chi connectivity index (χ4n) is 2.78. The Morgan fingerprint density at radius 3 is 2.33 bits per heavy atom. The van der Waals surface area contributed by atoms with Gasteiger partial charge in [0.1, 0.15) is 11.5 Å². The minimum atomic E-state index is 0.337. The molecule has 3 nitrogen and oxygen atoms in total. The molecule has 2 rings (SSSR count). The Balaban J connectivity index is 2.09. The zero-order valence-electron chi connectivity index (χ0n) is 11.1. The summed E-state index contributed by atoms with van der Waals surface area (Å²) in [5, 5.41) is 3.39. The predicted octanol–water partition coefficient (Wildman–Crippen LogP) is 2.72. The molecule has 0 spiro atoms. The van der Waals surface area contributed by atoms with Crippen molar-refractivity contribution in [1.29, 1.82) is 0 Å². The van der Waals surface area contributed by atoms with Crippen LogP contribution in [-0.4, -0.2) is 19.9 Å². The molecule has 1 unspecified atom stereocenters. The second-order valence-electron chi connectivity index (χ2n) is 4.92. The normalized spacial score (nSPS) is 18.7. The summed E-state index contributed by atoms with van der Waals surface area (Å²) in [6.45, 7) is 0. The third-order valence-corrected chi connectivity index (χ3v) is 3.85. The van der Waals surface area contributed by atoms with Crippen LogP contribution >= 0.6 is 0 Å². The van der Waals surface area contributed by atoms with E-state index in [1.54, 1.807) is 7.11 Å². The molecule has 0 amide bonds. The van der Waals surface area contributed by atoms with Crippen LogP contribution in [0, 0.1) is 5.92 Å². The van der Waals surface area contributed by atoms with Crippen molar-refractivity contribution in [2.45, 2.75) is 31.7 Å². The van der Waals surface area contributed by atoms with Crippen LogP contribution in [0.4, 0.5) is 0 Å². The van der Waals surface area contributed by atoms with Gasteiger partial charge in [-0.2, -0.15) is 0 Å². The predicted molar refractivity (Wildman–Crippen MR) is 71.8 cm³/mol. The zero-order chi connectivity index (χ0) is 13.0. The topological polar surface area (TPSA) is 38.3 Å². The number of benzene rings is 1. The molecule has 0 heterocycles. The molecule has 0 aliphatic heterocycles. The van der Waals surface area contributed by atoms with Crippen LogP contribution < -0.4 is 10.1 Å². The molecule has 1 aliphatic rings. The molecule has 1 aromatic rings. The van der Waals surface area contributed by atoms with Gasteiger partial charge in [0.05, 0.1) is 7.11 Å². The molecule has 18 heavy (non-hydrogen) atoms. The second-order valence-corrected chi connectivity index (χ2v) is 4.92. The molecule has 1 saturated carbocycles. The largest absolute Gasteiger partial charge is 0.497 e. The number of carbonyl (C=O) groups excluding carboxylic acids is 1. The molecule has 1 N–H and O–H groups in total. The van der Waals surface area contributed by atoms with Crippen molar-refractivity contribution in [2.75, 3.05) is 14.2 Å². The van der Waals surface area contributed by atoms with E-state index in [4.69, 9.17) is 4.74 Å². The molecular formula is C15H21NO2. The Morgan fingerprint density at radius 1 is 1.22 bits per heavy atom. The molecule has 1 atom stereocenters. The number of ether oxygens (including phenoxy) is 1.